The normalized spacial score (nSPS) is 27.4. The summed E-state index contributed by atoms with van der Waals surface area (Å²) in [7, 11) is 0. The molecule has 5 heteroatoms. The summed E-state index contributed by atoms with van der Waals surface area (Å²) in [5, 5.41) is 6.21. The van der Waals surface area contributed by atoms with E-state index in [9.17, 15) is 4.79 Å². The van der Waals surface area contributed by atoms with E-state index in [1.807, 2.05) is 0 Å². The molecule has 0 aromatic heterocycles. The number of amides is 2. The minimum atomic E-state index is -0.0289. The fourth-order valence-electron chi connectivity index (χ4n) is 4.76. The Kier molecular flexibility index (Phi) is 7.00. The first-order chi connectivity index (χ1) is 13.0. The molecule has 1 aromatic carbocycles. The highest BCUT2D eigenvalue weighted by Gasteiger charge is 2.25. The largest absolute Gasteiger partial charge is 0.371 e. The average molecular weight is 373 g/mol. The number of carbonyl (C=O) groups is 1. The highest BCUT2D eigenvalue weighted by molar-refractivity contribution is 5.74. The smallest absolute Gasteiger partial charge is 0.315 e. The molecule has 2 amide bonds. The van der Waals surface area contributed by atoms with E-state index >= 15 is 0 Å². The number of nitrogens with one attached hydrogen (secondary N) is 2. The third kappa shape index (κ3) is 6.13. The van der Waals surface area contributed by atoms with Crippen molar-refractivity contribution in [3.05, 3.63) is 30.3 Å². The van der Waals surface area contributed by atoms with Gasteiger partial charge in [0, 0.05) is 51.0 Å². The van der Waals surface area contributed by atoms with Gasteiger partial charge in [-0.05, 0) is 49.7 Å². The number of hydrogen-bond acceptors (Lipinski definition) is 3. The number of benzene rings is 1. The Morgan fingerprint density at radius 3 is 2.56 bits per heavy atom. The van der Waals surface area contributed by atoms with E-state index in [0.29, 0.717) is 5.92 Å². The third-order valence-corrected chi connectivity index (χ3v) is 5.81. The van der Waals surface area contributed by atoms with E-state index in [2.05, 4.69) is 71.5 Å². The summed E-state index contributed by atoms with van der Waals surface area (Å²) in [4.78, 5) is 17.2. The lowest BCUT2D eigenvalue weighted by atomic mass is 9.92. The molecule has 2 heterocycles. The summed E-state index contributed by atoms with van der Waals surface area (Å²) in [5.74, 6) is 2.03. The Morgan fingerprint density at radius 1 is 1.15 bits per heavy atom. The number of urea groups is 1. The Labute approximate surface area is 164 Å². The molecule has 1 aromatic rings. The lowest BCUT2D eigenvalue weighted by molar-refractivity contribution is 0.131. The highest BCUT2D eigenvalue weighted by Crippen LogP contribution is 2.23. The molecule has 0 radical (unpaired) electrons. The van der Waals surface area contributed by atoms with Crippen LogP contribution in [0, 0.1) is 17.8 Å². The molecule has 4 atom stereocenters. The van der Waals surface area contributed by atoms with Gasteiger partial charge in [-0.3, -0.25) is 0 Å². The number of carbonyl (C=O) groups excluding carboxylic acids is 1. The average Bonchev–Trinajstić information content (AvgIpc) is 3.09. The fraction of sp³-hybridized carbons (Fsp3) is 0.682. The summed E-state index contributed by atoms with van der Waals surface area (Å²) < 4.78 is 0. The van der Waals surface area contributed by atoms with Crippen LogP contribution in [0.4, 0.5) is 10.5 Å². The minimum Gasteiger partial charge on any atom is -0.371 e. The zero-order chi connectivity index (χ0) is 19.2. The number of nitrogens with zero attached hydrogens (tertiary/aromatic N) is 2. The van der Waals surface area contributed by atoms with Crippen LogP contribution >= 0.6 is 0 Å². The van der Waals surface area contributed by atoms with E-state index in [4.69, 9.17) is 0 Å². The Morgan fingerprint density at radius 2 is 1.85 bits per heavy atom. The second-order valence-electron chi connectivity index (χ2n) is 8.86. The maximum absolute atomic E-state index is 12.3. The number of para-hydroxylation sites is 1. The summed E-state index contributed by atoms with van der Waals surface area (Å²) in [6, 6.07) is 10.7. The molecule has 27 heavy (non-hydrogen) atoms. The minimum absolute atomic E-state index is 0.0289. The van der Waals surface area contributed by atoms with Crippen LogP contribution in [0.3, 0.4) is 0 Å². The molecule has 2 aliphatic heterocycles. The van der Waals surface area contributed by atoms with Gasteiger partial charge in [-0.1, -0.05) is 32.0 Å². The summed E-state index contributed by atoms with van der Waals surface area (Å²) in [6.45, 7) is 12.8. The van der Waals surface area contributed by atoms with Crippen molar-refractivity contribution in [3.63, 3.8) is 0 Å². The van der Waals surface area contributed by atoms with Crippen LogP contribution in [0.5, 0.6) is 0 Å². The molecule has 2 fully saturated rings. The number of rotatable bonds is 6. The van der Waals surface area contributed by atoms with Crippen molar-refractivity contribution in [1.82, 2.24) is 15.5 Å². The molecule has 0 bridgehead atoms. The molecule has 3 rings (SSSR count). The predicted molar refractivity (Wildman–Crippen MR) is 112 cm³/mol. The van der Waals surface area contributed by atoms with Crippen molar-refractivity contribution < 1.29 is 4.79 Å². The lowest BCUT2D eigenvalue weighted by Crippen LogP contribution is -2.49. The monoisotopic (exact) mass is 372 g/mol. The third-order valence-electron chi connectivity index (χ3n) is 5.81. The molecule has 2 aliphatic rings. The summed E-state index contributed by atoms with van der Waals surface area (Å²) >= 11 is 0. The van der Waals surface area contributed by atoms with E-state index in [1.54, 1.807) is 0 Å². The summed E-state index contributed by atoms with van der Waals surface area (Å²) in [6.07, 6.45) is 2.45. The van der Waals surface area contributed by atoms with Gasteiger partial charge in [-0.25, -0.2) is 4.79 Å². The topological polar surface area (TPSA) is 47.6 Å². The second-order valence-corrected chi connectivity index (χ2v) is 8.86. The molecular formula is C22H36N4O. The van der Waals surface area contributed by atoms with Gasteiger partial charge in [0.25, 0.3) is 0 Å². The van der Waals surface area contributed by atoms with Gasteiger partial charge < -0.3 is 20.4 Å². The van der Waals surface area contributed by atoms with Gasteiger partial charge in [0.2, 0.25) is 0 Å². The Bertz CT molecular complexity index is 583. The molecule has 0 spiro atoms. The van der Waals surface area contributed by atoms with Crippen molar-refractivity contribution in [2.24, 2.45) is 17.8 Å². The van der Waals surface area contributed by atoms with Crippen molar-refractivity contribution >= 4 is 11.7 Å². The van der Waals surface area contributed by atoms with Crippen LogP contribution in [-0.4, -0.2) is 56.2 Å². The Hall–Kier alpha value is -1.75. The van der Waals surface area contributed by atoms with Crippen LogP contribution in [-0.2, 0) is 0 Å². The lowest BCUT2D eigenvalue weighted by Gasteiger charge is -2.36. The van der Waals surface area contributed by atoms with E-state index in [1.165, 1.54) is 12.1 Å². The van der Waals surface area contributed by atoms with Gasteiger partial charge in [0.05, 0.1) is 0 Å². The number of anilines is 1. The van der Waals surface area contributed by atoms with Crippen LogP contribution in [0.1, 0.15) is 33.6 Å². The zero-order valence-corrected chi connectivity index (χ0v) is 17.2. The number of hydrogen-bond donors (Lipinski definition) is 2. The zero-order valence-electron chi connectivity index (χ0n) is 17.2. The first kappa shape index (κ1) is 20.0. The Balaban J connectivity index is 1.35. The van der Waals surface area contributed by atoms with Gasteiger partial charge in [0.15, 0.2) is 0 Å². The quantitative estimate of drug-likeness (QED) is 0.806. The van der Waals surface area contributed by atoms with Crippen molar-refractivity contribution in [2.45, 2.75) is 39.7 Å². The second kappa shape index (κ2) is 9.45. The van der Waals surface area contributed by atoms with Crippen LogP contribution in [0.2, 0.25) is 0 Å². The standard InChI is InChI=1S/C22H36N4O/c1-17-11-18(2)14-25(13-17)15-19(3)24-22(27)23-12-20-9-10-26(16-20)21-7-5-4-6-8-21/h4-8,17-20H,9-16H2,1-3H3,(H2,23,24,27)/t17-,18+,19-,20+/m0/s1. The van der Waals surface area contributed by atoms with Crippen LogP contribution in [0.15, 0.2) is 30.3 Å². The molecule has 2 N–H and O–H groups in total. The van der Waals surface area contributed by atoms with Gasteiger partial charge in [-0.2, -0.15) is 0 Å². The highest BCUT2D eigenvalue weighted by atomic mass is 16.2. The van der Waals surface area contributed by atoms with E-state index < -0.39 is 0 Å². The summed E-state index contributed by atoms with van der Waals surface area (Å²) in [5.41, 5.74) is 1.28. The van der Waals surface area contributed by atoms with Gasteiger partial charge in [-0.15, -0.1) is 0 Å². The number of piperidine rings is 1. The fourth-order valence-corrected chi connectivity index (χ4v) is 4.76. The van der Waals surface area contributed by atoms with Crippen LogP contribution in [0.25, 0.3) is 0 Å². The molecule has 150 valence electrons. The molecule has 2 saturated heterocycles. The maximum Gasteiger partial charge on any atom is 0.315 e. The van der Waals surface area contributed by atoms with Crippen molar-refractivity contribution in [1.29, 1.82) is 0 Å². The van der Waals surface area contributed by atoms with Gasteiger partial charge >= 0.3 is 6.03 Å². The molecule has 0 aliphatic carbocycles. The predicted octanol–water partition coefficient (Wildman–Crippen LogP) is 3.18. The maximum atomic E-state index is 12.3. The van der Waals surface area contributed by atoms with Gasteiger partial charge in [0.1, 0.15) is 0 Å². The van der Waals surface area contributed by atoms with E-state index in [0.717, 1.165) is 57.5 Å². The SMILES string of the molecule is C[C@@H]1C[C@H](C)CN(C[C@H](C)NC(=O)NC[C@H]2CCN(c3ccccc3)C2)C1. The van der Waals surface area contributed by atoms with E-state index in [-0.39, 0.29) is 12.1 Å². The molecule has 0 saturated carbocycles. The van der Waals surface area contributed by atoms with Crippen molar-refractivity contribution in [3.8, 4) is 0 Å². The molecule has 5 nitrogen and oxygen atoms in total. The van der Waals surface area contributed by atoms with Crippen LogP contribution < -0.4 is 15.5 Å². The molecular weight excluding hydrogens is 336 g/mol. The number of likely N-dealkylation sites (tertiary alicyclic amines) is 1. The van der Waals surface area contributed by atoms with Crippen molar-refractivity contribution in [2.75, 3.05) is 44.2 Å². The first-order valence-electron chi connectivity index (χ1n) is 10.6. The first-order valence-corrected chi connectivity index (χ1v) is 10.6. The molecule has 0 unspecified atom stereocenters.